The van der Waals surface area contributed by atoms with E-state index in [0.29, 0.717) is 26.6 Å². The Morgan fingerprint density at radius 2 is 1.79 bits per heavy atom. The van der Waals surface area contributed by atoms with Gasteiger partial charge in [0.2, 0.25) is 5.13 Å². The van der Waals surface area contributed by atoms with Crippen LogP contribution in [0.25, 0.3) is 5.65 Å². The second kappa shape index (κ2) is 7.59. The van der Waals surface area contributed by atoms with Crippen LogP contribution < -0.4 is 5.32 Å². The summed E-state index contributed by atoms with van der Waals surface area (Å²) in [7, 11) is 0. The Balaban J connectivity index is 1.58. The first-order chi connectivity index (χ1) is 13.8. The molecular formula is C17H14F3N7S2. The van der Waals surface area contributed by atoms with Crippen molar-refractivity contribution in [3.8, 4) is 0 Å². The maximum Gasteiger partial charge on any atom is 0.453 e. The quantitative estimate of drug-likeness (QED) is 0.496. The van der Waals surface area contributed by atoms with Gasteiger partial charge in [0.1, 0.15) is 5.03 Å². The van der Waals surface area contributed by atoms with Gasteiger partial charge in [-0.05, 0) is 36.7 Å². The third-order valence-corrected chi connectivity index (χ3v) is 6.19. The van der Waals surface area contributed by atoms with E-state index in [4.69, 9.17) is 0 Å². The van der Waals surface area contributed by atoms with E-state index in [-0.39, 0.29) is 5.65 Å². The lowest BCUT2D eigenvalue weighted by atomic mass is 10.2. The summed E-state index contributed by atoms with van der Waals surface area (Å²) in [6, 6.07) is 9.83. The summed E-state index contributed by atoms with van der Waals surface area (Å²) in [6.07, 6.45) is -4.65. The molecule has 3 heterocycles. The van der Waals surface area contributed by atoms with Crippen LogP contribution >= 0.6 is 23.1 Å². The molecule has 0 unspecified atom stereocenters. The van der Waals surface area contributed by atoms with E-state index in [9.17, 15) is 13.2 Å². The minimum absolute atomic E-state index is 0.0849. The summed E-state index contributed by atoms with van der Waals surface area (Å²) in [6.45, 7) is 4.07. The summed E-state index contributed by atoms with van der Waals surface area (Å²) in [4.78, 5) is 0. The van der Waals surface area contributed by atoms with Gasteiger partial charge in [0.05, 0.1) is 0 Å². The predicted molar refractivity (Wildman–Crippen MR) is 103 cm³/mol. The van der Waals surface area contributed by atoms with Crippen molar-refractivity contribution in [3.63, 3.8) is 0 Å². The SMILES string of the molecule is Cc1c(Sc2nnc(NCc3ccccc3)s2)nn2c(C(F)(F)F)nnc2c1C. The van der Waals surface area contributed by atoms with Crippen LogP contribution in [0.3, 0.4) is 0 Å². The number of nitrogens with one attached hydrogen (secondary N) is 1. The van der Waals surface area contributed by atoms with Gasteiger partial charge in [0, 0.05) is 12.1 Å². The molecule has 1 aromatic carbocycles. The molecule has 0 aliphatic carbocycles. The highest BCUT2D eigenvalue weighted by Crippen LogP contribution is 2.35. The minimum Gasteiger partial charge on any atom is -0.356 e. The number of fused-ring (bicyclic) bond motifs is 1. The fraction of sp³-hybridized carbons (Fsp3) is 0.235. The minimum atomic E-state index is -4.65. The monoisotopic (exact) mass is 437 g/mol. The summed E-state index contributed by atoms with van der Waals surface area (Å²) < 4.78 is 40.8. The maximum atomic E-state index is 13.2. The summed E-state index contributed by atoms with van der Waals surface area (Å²) in [5.74, 6) is -1.15. The third kappa shape index (κ3) is 4.03. The molecule has 29 heavy (non-hydrogen) atoms. The zero-order chi connectivity index (χ0) is 20.6. The molecule has 4 rings (SSSR count). The molecule has 0 spiro atoms. The van der Waals surface area contributed by atoms with Crippen molar-refractivity contribution in [2.75, 3.05) is 5.32 Å². The number of hydrogen-bond acceptors (Lipinski definition) is 8. The van der Waals surface area contributed by atoms with E-state index in [1.165, 1.54) is 11.3 Å². The first kappa shape index (κ1) is 19.6. The van der Waals surface area contributed by atoms with E-state index >= 15 is 0 Å². The molecule has 0 radical (unpaired) electrons. The highest BCUT2D eigenvalue weighted by molar-refractivity contribution is 8.01. The average molecular weight is 437 g/mol. The molecule has 1 N–H and O–H groups in total. The number of aromatic nitrogens is 6. The van der Waals surface area contributed by atoms with Crippen LogP contribution in [-0.4, -0.2) is 30.0 Å². The Morgan fingerprint density at radius 1 is 1.03 bits per heavy atom. The Bertz CT molecular complexity index is 1160. The molecular weight excluding hydrogens is 423 g/mol. The molecule has 0 fully saturated rings. The number of aryl methyl sites for hydroxylation is 1. The number of hydrogen-bond donors (Lipinski definition) is 1. The number of rotatable bonds is 5. The van der Waals surface area contributed by atoms with Crippen molar-refractivity contribution in [1.82, 2.24) is 30.0 Å². The van der Waals surface area contributed by atoms with Gasteiger partial charge in [-0.2, -0.15) is 22.8 Å². The number of halogens is 3. The Morgan fingerprint density at radius 3 is 2.52 bits per heavy atom. The fourth-order valence-electron chi connectivity index (χ4n) is 2.55. The van der Waals surface area contributed by atoms with Crippen LogP contribution in [-0.2, 0) is 12.7 Å². The summed E-state index contributed by atoms with van der Waals surface area (Å²) in [5, 5.41) is 23.4. The van der Waals surface area contributed by atoms with Gasteiger partial charge >= 0.3 is 6.18 Å². The molecule has 0 bridgehead atoms. The molecule has 0 saturated heterocycles. The van der Waals surface area contributed by atoms with Crippen LogP contribution in [0.5, 0.6) is 0 Å². The average Bonchev–Trinajstić information content (AvgIpc) is 3.32. The normalized spacial score (nSPS) is 11.9. The maximum absolute atomic E-state index is 13.2. The van der Waals surface area contributed by atoms with E-state index in [1.807, 2.05) is 30.3 Å². The third-order valence-electron chi connectivity index (χ3n) is 4.18. The van der Waals surface area contributed by atoms with Crippen molar-refractivity contribution in [2.24, 2.45) is 0 Å². The molecule has 150 valence electrons. The molecule has 0 saturated carbocycles. The number of anilines is 1. The zero-order valence-electron chi connectivity index (χ0n) is 15.2. The molecule has 0 amide bonds. The zero-order valence-corrected chi connectivity index (χ0v) is 16.9. The van der Waals surface area contributed by atoms with E-state index in [2.05, 4.69) is 30.8 Å². The van der Waals surface area contributed by atoms with Crippen LogP contribution in [0, 0.1) is 13.8 Å². The standard InChI is InChI=1S/C17H14F3N7S2/c1-9-10(2)13(26-27-12(9)22-23-14(27)17(18,19)20)28-16-25-24-15(29-16)21-8-11-6-4-3-5-7-11/h3-7H,8H2,1-2H3,(H,21,24). The lowest BCUT2D eigenvalue weighted by Crippen LogP contribution is -2.13. The summed E-state index contributed by atoms with van der Waals surface area (Å²) in [5.41, 5.74) is 2.49. The molecule has 7 nitrogen and oxygen atoms in total. The molecule has 4 aromatic rings. The van der Waals surface area contributed by atoms with Gasteiger partial charge in [-0.1, -0.05) is 41.7 Å². The molecule has 12 heteroatoms. The van der Waals surface area contributed by atoms with Crippen molar-refractivity contribution in [2.45, 2.75) is 35.9 Å². The van der Waals surface area contributed by atoms with E-state index in [1.54, 1.807) is 13.8 Å². The Labute approximate surface area is 171 Å². The molecule has 0 aliphatic heterocycles. The topological polar surface area (TPSA) is 80.9 Å². The van der Waals surface area contributed by atoms with Crippen molar-refractivity contribution >= 4 is 33.9 Å². The van der Waals surface area contributed by atoms with Gasteiger partial charge in [-0.25, -0.2) is 0 Å². The molecule has 0 atom stereocenters. The van der Waals surface area contributed by atoms with Crippen molar-refractivity contribution < 1.29 is 13.2 Å². The van der Waals surface area contributed by atoms with Gasteiger partial charge < -0.3 is 5.32 Å². The number of nitrogens with zero attached hydrogens (tertiary/aromatic N) is 6. The number of benzene rings is 1. The van der Waals surface area contributed by atoms with Gasteiger partial charge in [-0.15, -0.1) is 20.4 Å². The largest absolute Gasteiger partial charge is 0.453 e. The van der Waals surface area contributed by atoms with Gasteiger partial charge in [-0.3, -0.25) is 0 Å². The predicted octanol–water partition coefficient (Wildman–Crippen LogP) is 4.37. The Hall–Kier alpha value is -2.73. The smallest absolute Gasteiger partial charge is 0.356 e. The van der Waals surface area contributed by atoms with Crippen molar-refractivity contribution in [1.29, 1.82) is 0 Å². The first-order valence-corrected chi connectivity index (χ1v) is 10.0. The van der Waals surface area contributed by atoms with Crippen LogP contribution in [0.1, 0.15) is 22.5 Å². The van der Waals surface area contributed by atoms with Gasteiger partial charge in [0.15, 0.2) is 9.99 Å². The molecule has 0 aliphatic rings. The lowest BCUT2D eigenvalue weighted by Gasteiger charge is -2.09. The summed E-state index contributed by atoms with van der Waals surface area (Å²) >= 11 is 2.46. The Kier molecular flexibility index (Phi) is 5.13. The van der Waals surface area contributed by atoms with Crippen molar-refractivity contribution in [3.05, 3.63) is 52.8 Å². The fourth-order valence-corrected chi connectivity index (χ4v) is 4.34. The second-order valence-electron chi connectivity index (χ2n) is 6.13. The lowest BCUT2D eigenvalue weighted by molar-refractivity contribution is -0.146. The van der Waals surface area contributed by atoms with Crippen LogP contribution in [0.4, 0.5) is 18.3 Å². The highest BCUT2D eigenvalue weighted by atomic mass is 32.2. The first-order valence-electron chi connectivity index (χ1n) is 8.42. The highest BCUT2D eigenvalue weighted by Gasteiger charge is 2.38. The number of alkyl halides is 3. The molecule has 3 aromatic heterocycles. The van der Waals surface area contributed by atoms with Gasteiger partial charge in [0.25, 0.3) is 5.82 Å². The van der Waals surface area contributed by atoms with Crippen LogP contribution in [0.15, 0.2) is 39.7 Å². The van der Waals surface area contributed by atoms with E-state index < -0.39 is 12.0 Å². The van der Waals surface area contributed by atoms with Crippen LogP contribution in [0.2, 0.25) is 0 Å². The second-order valence-corrected chi connectivity index (χ2v) is 8.34. The van der Waals surface area contributed by atoms with E-state index in [0.717, 1.165) is 27.4 Å².